The Balaban J connectivity index is 1.76. The van der Waals surface area contributed by atoms with Crippen molar-refractivity contribution >= 4 is 22.5 Å². The van der Waals surface area contributed by atoms with Gasteiger partial charge >= 0.3 is 0 Å². The average Bonchev–Trinajstić information content (AvgIpc) is 2.58. The molecule has 1 amide bonds. The summed E-state index contributed by atoms with van der Waals surface area (Å²) in [7, 11) is 0. The van der Waals surface area contributed by atoms with E-state index in [1.807, 2.05) is 0 Å². The van der Waals surface area contributed by atoms with E-state index < -0.39 is 23.2 Å². The highest BCUT2D eigenvalue weighted by atomic mass is 19.1. The van der Waals surface area contributed by atoms with Crippen LogP contribution in [0, 0.1) is 11.6 Å². The number of fused-ring (bicyclic) bond motifs is 1. The second-order valence-electron chi connectivity index (χ2n) is 5.14. The van der Waals surface area contributed by atoms with Crippen LogP contribution in [0.1, 0.15) is 6.42 Å². The molecular weight excluding hydrogens is 316 g/mol. The Bertz CT molecular complexity index is 949. The maximum Gasteiger partial charge on any atom is 0.226 e. The van der Waals surface area contributed by atoms with Gasteiger partial charge in [0.2, 0.25) is 11.3 Å². The third kappa shape index (κ3) is 3.15. The minimum Gasteiger partial charge on any atom is -0.321 e. The molecule has 1 heterocycles. The average molecular weight is 329 g/mol. The van der Waals surface area contributed by atoms with Gasteiger partial charge in [-0.25, -0.2) is 8.78 Å². The maximum atomic E-state index is 13.5. The van der Waals surface area contributed by atoms with Crippen LogP contribution in [0.2, 0.25) is 0 Å². The van der Waals surface area contributed by atoms with Crippen LogP contribution < -0.4 is 10.7 Å². The molecule has 1 aromatic heterocycles. The van der Waals surface area contributed by atoms with Gasteiger partial charge in [-0.15, -0.1) is 0 Å². The number of nitrogens with one attached hydrogen (secondary N) is 1. The van der Waals surface area contributed by atoms with Crippen LogP contribution in [0.3, 0.4) is 0 Å². The number of carbonyl (C=O) groups is 1. The number of benzene rings is 2. The Morgan fingerprint density at radius 2 is 1.79 bits per heavy atom. The van der Waals surface area contributed by atoms with Crippen molar-refractivity contribution < 1.29 is 13.6 Å². The van der Waals surface area contributed by atoms with Crippen LogP contribution in [-0.4, -0.2) is 15.7 Å². The fourth-order valence-corrected chi connectivity index (χ4v) is 2.37. The summed E-state index contributed by atoms with van der Waals surface area (Å²) in [4.78, 5) is 23.7. The highest BCUT2D eigenvalue weighted by molar-refractivity contribution is 5.91. The zero-order valence-electron chi connectivity index (χ0n) is 12.5. The van der Waals surface area contributed by atoms with Crippen molar-refractivity contribution in [3.05, 3.63) is 70.5 Å². The van der Waals surface area contributed by atoms with Crippen LogP contribution in [-0.2, 0) is 11.3 Å². The number of carbonyl (C=O) groups excluding carboxylic acids is 1. The summed E-state index contributed by atoms with van der Waals surface area (Å²) in [5.74, 6) is -2.23. The fourth-order valence-electron chi connectivity index (χ4n) is 2.37. The molecule has 1 N–H and O–H groups in total. The van der Waals surface area contributed by atoms with Crippen molar-refractivity contribution in [2.24, 2.45) is 0 Å². The standard InChI is InChI=1S/C17H13F2N3O2/c18-12-5-3-6-13(19)17(12)21-16(24)8-9-22-14-7-2-1-4-11(14)15(23)10-20-22/h1-7,10H,8-9H2,(H,21,24). The first-order valence-corrected chi connectivity index (χ1v) is 7.25. The number of amides is 1. The van der Waals surface area contributed by atoms with Crippen LogP contribution in [0.5, 0.6) is 0 Å². The van der Waals surface area contributed by atoms with E-state index in [1.54, 1.807) is 24.3 Å². The van der Waals surface area contributed by atoms with E-state index in [1.165, 1.54) is 16.9 Å². The molecule has 122 valence electrons. The summed E-state index contributed by atoms with van der Waals surface area (Å²) in [6.45, 7) is 0.169. The minimum absolute atomic E-state index is 0.0480. The molecule has 0 radical (unpaired) electrons. The quantitative estimate of drug-likeness (QED) is 0.800. The molecule has 0 bridgehead atoms. The molecule has 5 nitrogen and oxygen atoms in total. The van der Waals surface area contributed by atoms with Crippen LogP contribution >= 0.6 is 0 Å². The Hall–Kier alpha value is -3.09. The number of hydrogen-bond donors (Lipinski definition) is 1. The van der Waals surface area contributed by atoms with E-state index >= 15 is 0 Å². The molecule has 0 atom stereocenters. The number of aryl methyl sites for hydroxylation is 1. The predicted octanol–water partition coefficient (Wildman–Crippen LogP) is 2.70. The van der Waals surface area contributed by atoms with Gasteiger partial charge in [-0.2, -0.15) is 5.10 Å². The second kappa shape index (κ2) is 6.57. The van der Waals surface area contributed by atoms with Gasteiger partial charge in [-0.1, -0.05) is 18.2 Å². The molecule has 2 aromatic carbocycles. The number of rotatable bonds is 4. The van der Waals surface area contributed by atoms with Gasteiger partial charge in [0.05, 0.1) is 18.3 Å². The minimum atomic E-state index is -0.838. The molecule has 0 spiro atoms. The monoisotopic (exact) mass is 329 g/mol. The topological polar surface area (TPSA) is 64.0 Å². The summed E-state index contributed by atoms with van der Waals surface area (Å²) >= 11 is 0. The van der Waals surface area contributed by atoms with Gasteiger partial charge in [0.15, 0.2) is 0 Å². The van der Waals surface area contributed by atoms with Gasteiger partial charge in [-0.3, -0.25) is 14.3 Å². The van der Waals surface area contributed by atoms with Gasteiger partial charge < -0.3 is 5.32 Å². The van der Waals surface area contributed by atoms with Crippen LogP contribution in [0.4, 0.5) is 14.5 Å². The van der Waals surface area contributed by atoms with Crippen molar-refractivity contribution in [1.29, 1.82) is 0 Å². The van der Waals surface area contributed by atoms with Gasteiger partial charge in [-0.05, 0) is 24.3 Å². The van der Waals surface area contributed by atoms with Crippen molar-refractivity contribution in [2.75, 3.05) is 5.32 Å². The van der Waals surface area contributed by atoms with Gasteiger partial charge in [0.25, 0.3) is 0 Å². The number of anilines is 1. The normalized spacial score (nSPS) is 10.8. The first-order valence-electron chi connectivity index (χ1n) is 7.25. The third-order valence-corrected chi connectivity index (χ3v) is 3.54. The number of hydrogen-bond acceptors (Lipinski definition) is 3. The number of halogens is 2. The molecule has 0 saturated carbocycles. The van der Waals surface area contributed by atoms with Crippen LogP contribution in [0.15, 0.2) is 53.5 Å². The summed E-state index contributed by atoms with van der Waals surface area (Å²) < 4.78 is 28.5. The smallest absolute Gasteiger partial charge is 0.226 e. The van der Waals surface area contributed by atoms with Crippen molar-refractivity contribution in [3.8, 4) is 0 Å². The third-order valence-electron chi connectivity index (χ3n) is 3.54. The zero-order chi connectivity index (χ0) is 17.1. The van der Waals surface area contributed by atoms with Crippen LogP contribution in [0.25, 0.3) is 10.9 Å². The molecule has 0 saturated heterocycles. The summed E-state index contributed by atoms with van der Waals surface area (Å²) in [6, 6.07) is 10.2. The van der Waals surface area contributed by atoms with E-state index in [0.717, 1.165) is 12.1 Å². The maximum absolute atomic E-state index is 13.5. The highest BCUT2D eigenvalue weighted by Crippen LogP contribution is 2.18. The number of aromatic nitrogens is 2. The molecule has 3 rings (SSSR count). The molecule has 0 unspecified atom stereocenters. The molecule has 24 heavy (non-hydrogen) atoms. The first-order chi connectivity index (χ1) is 11.6. The van der Waals surface area contributed by atoms with E-state index in [2.05, 4.69) is 10.4 Å². The molecule has 0 fully saturated rings. The van der Waals surface area contributed by atoms with Gasteiger partial charge in [0, 0.05) is 11.8 Å². The summed E-state index contributed by atoms with van der Waals surface area (Å²) in [5.41, 5.74) is -0.0881. The highest BCUT2D eigenvalue weighted by Gasteiger charge is 2.12. The van der Waals surface area contributed by atoms with Crippen molar-refractivity contribution in [2.45, 2.75) is 13.0 Å². The molecule has 0 aliphatic heterocycles. The lowest BCUT2D eigenvalue weighted by atomic mass is 10.2. The summed E-state index contributed by atoms with van der Waals surface area (Å²) in [6.07, 6.45) is 1.13. The largest absolute Gasteiger partial charge is 0.321 e. The van der Waals surface area contributed by atoms with E-state index in [-0.39, 0.29) is 18.4 Å². The predicted molar refractivity (Wildman–Crippen MR) is 85.6 cm³/mol. The number of para-hydroxylation sites is 2. The second-order valence-corrected chi connectivity index (χ2v) is 5.14. The lowest BCUT2D eigenvalue weighted by Crippen LogP contribution is -2.19. The van der Waals surface area contributed by atoms with Crippen molar-refractivity contribution in [1.82, 2.24) is 9.78 Å². The van der Waals surface area contributed by atoms with E-state index in [9.17, 15) is 18.4 Å². The van der Waals surface area contributed by atoms with Gasteiger partial charge in [0.1, 0.15) is 17.3 Å². The van der Waals surface area contributed by atoms with E-state index in [4.69, 9.17) is 0 Å². The Labute approximate surface area is 135 Å². The summed E-state index contributed by atoms with van der Waals surface area (Å²) in [5, 5.41) is 6.71. The molecule has 0 aliphatic carbocycles. The number of nitrogens with zero attached hydrogens (tertiary/aromatic N) is 2. The molecule has 0 aliphatic rings. The lowest BCUT2D eigenvalue weighted by molar-refractivity contribution is -0.116. The molecule has 7 heteroatoms. The Kier molecular flexibility index (Phi) is 4.33. The van der Waals surface area contributed by atoms with Crippen molar-refractivity contribution in [3.63, 3.8) is 0 Å². The molecular formula is C17H13F2N3O2. The first kappa shape index (κ1) is 15.8. The molecule has 3 aromatic rings. The Morgan fingerprint density at radius 3 is 2.54 bits per heavy atom. The zero-order valence-corrected chi connectivity index (χ0v) is 12.5. The Morgan fingerprint density at radius 1 is 1.08 bits per heavy atom. The fraction of sp³-hybridized carbons (Fsp3) is 0.118. The SMILES string of the molecule is O=C(CCn1ncc(=O)c2ccccc21)Nc1c(F)cccc1F. The lowest BCUT2D eigenvalue weighted by Gasteiger charge is -2.10. The van der Waals surface area contributed by atoms with E-state index in [0.29, 0.717) is 10.9 Å².